The van der Waals surface area contributed by atoms with Gasteiger partial charge < -0.3 is 20.5 Å². The number of aliphatic hydroxyl groups is 1. The molecule has 1 saturated carbocycles. The number of aliphatic hydroxyl groups excluding tert-OH is 1. The van der Waals surface area contributed by atoms with Gasteiger partial charge in [0.1, 0.15) is 0 Å². The largest absolute Gasteiger partial charge is 0.396 e. The Labute approximate surface area is 158 Å². The molecule has 0 radical (unpaired) electrons. The van der Waals surface area contributed by atoms with E-state index in [1.807, 2.05) is 0 Å². The van der Waals surface area contributed by atoms with Crippen LogP contribution in [-0.2, 0) is 4.74 Å². The fraction of sp³-hybridized carbons (Fsp3) is 0.941. The molecule has 0 aromatic carbocycles. The highest BCUT2D eigenvalue weighted by Crippen LogP contribution is 2.38. The van der Waals surface area contributed by atoms with E-state index in [2.05, 4.69) is 24.5 Å². The Morgan fingerprint density at radius 3 is 2.39 bits per heavy atom. The van der Waals surface area contributed by atoms with Crippen LogP contribution in [-0.4, -0.2) is 50.5 Å². The van der Waals surface area contributed by atoms with Crippen LogP contribution in [0.3, 0.4) is 0 Å². The van der Waals surface area contributed by atoms with E-state index in [9.17, 15) is 5.11 Å². The number of halogens is 1. The molecule has 2 rings (SSSR count). The third kappa shape index (κ3) is 6.38. The van der Waals surface area contributed by atoms with Crippen LogP contribution in [0, 0.1) is 10.8 Å². The fourth-order valence-electron chi connectivity index (χ4n) is 3.48. The van der Waals surface area contributed by atoms with E-state index in [0.29, 0.717) is 0 Å². The molecule has 136 valence electrons. The van der Waals surface area contributed by atoms with Gasteiger partial charge in [-0.25, -0.2) is 0 Å². The second kappa shape index (κ2) is 10.0. The standard InChI is InChI=1S/C17H33N3O2.HI/c1-3-18-15(19-11-16(2)13-22-14-16)20-12-17(9-10-21)7-5-4-6-8-17;/h21H,3-14H2,1-2H3,(H2,18,19,20);1H. The lowest BCUT2D eigenvalue weighted by Crippen LogP contribution is -2.47. The third-order valence-corrected chi connectivity index (χ3v) is 5.05. The van der Waals surface area contributed by atoms with Gasteiger partial charge in [0, 0.05) is 25.1 Å². The minimum absolute atomic E-state index is 0. The van der Waals surface area contributed by atoms with Gasteiger partial charge in [-0.15, -0.1) is 24.0 Å². The molecule has 0 bridgehead atoms. The molecule has 3 N–H and O–H groups in total. The predicted molar refractivity (Wildman–Crippen MR) is 106 cm³/mol. The Hall–Kier alpha value is -0.0800. The maximum Gasteiger partial charge on any atom is 0.191 e. The Bertz CT molecular complexity index is 361. The first-order chi connectivity index (χ1) is 10.6. The molecule has 6 heteroatoms. The Morgan fingerprint density at radius 2 is 1.87 bits per heavy atom. The second-order valence-corrected chi connectivity index (χ2v) is 7.39. The van der Waals surface area contributed by atoms with Crippen molar-refractivity contribution in [3.05, 3.63) is 0 Å². The maximum absolute atomic E-state index is 9.41. The monoisotopic (exact) mass is 439 g/mol. The zero-order valence-corrected chi connectivity index (χ0v) is 17.0. The van der Waals surface area contributed by atoms with E-state index >= 15 is 0 Å². The van der Waals surface area contributed by atoms with Crippen molar-refractivity contribution >= 4 is 29.9 Å². The summed E-state index contributed by atoms with van der Waals surface area (Å²) in [7, 11) is 0. The molecule has 0 unspecified atom stereocenters. The quantitative estimate of drug-likeness (QED) is 0.324. The minimum Gasteiger partial charge on any atom is -0.396 e. The summed E-state index contributed by atoms with van der Waals surface area (Å²) in [4.78, 5) is 4.73. The molecule has 0 aromatic heterocycles. The van der Waals surface area contributed by atoms with Gasteiger partial charge in [0.25, 0.3) is 0 Å². The van der Waals surface area contributed by atoms with Crippen LogP contribution in [0.2, 0.25) is 0 Å². The molecule has 0 atom stereocenters. The highest BCUT2D eigenvalue weighted by molar-refractivity contribution is 14.0. The normalized spacial score (nSPS) is 22.7. The summed E-state index contributed by atoms with van der Waals surface area (Å²) in [6.07, 6.45) is 7.22. The summed E-state index contributed by atoms with van der Waals surface area (Å²) >= 11 is 0. The summed E-state index contributed by atoms with van der Waals surface area (Å²) in [6, 6.07) is 0. The van der Waals surface area contributed by atoms with E-state index in [0.717, 1.165) is 45.2 Å². The summed E-state index contributed by atoms with van der Waals surface area (Å²) in [5.41, 5.74) is 0.447. The number of nitrogens with zero attached hydrogens (tertiary/aromatic N) is 1. The average molecular weight is 439 g/mol. The first kappa shape index (κ1) is 21.0. The van der Waals surface area contributed by atoms with E-state index in [-0.39, 0.29) is 41.4 Å². The summed E-state index contributed by atoms with van der Waals surface area (Å²) < 4.78 is 5.30. The molecule has 1 heterocycles. The highest BCUT2D eigenvalue weighted by Gasteiger charge is 2.34. The van der Waals surface area contributed by atoms with Crippen molar-refractivity contribution in [1.82, 2.24) is 10.6 Å². The lowest BCUT2D eigenvalue weighted by Gasteiger charge is -2.38. The van der Waals surface area contributed by atoms with Crippen molar-refractivity contribution in [3.63, 3.8) is 0 Å². The number of ether oxygens (including phenoxy) is 1. The van der Waals surface area contributed by atoms with Gasteiger partial charge in [-0.1, -0.05) is 26.2 Å². The van der Waals surface area contributed by atoms with Crippen LogP contribution < -0.4 is 10.6 Å². The lowest BCUT2D eigenvalue weighted by molar-refractivity contribution is -0.0945. The molecule has 1 saturated heterocycles. The van der Waals surface area contributed by atoms with Gasteiger partial charge in [0.15, 0.2) is 5.96 Å². The maximum atomic E-state index is 9.41. The van der Waals surface area contributed by atoms with E-state index in [1.165, 1.54) is 32.1 Å². The van der Waals surface area contributed by atoms with Gasteiger partial charge in [-0.05, 0) is 31.6 Å². The van der Waals surface area contributed by atoms with Gasteiger partial charge in [-0.2, -0.15) is 0 Å². The Balaban J connectivity index is 0.00000264. The topological polar surface area (TPSA) is 65.9 Å². The Kier molecular flexibility index (Phi) is 9.15. The van der Waals surface area contributed by atoms with Crippen molar-refractivity contribution in [2.75, 3.05) is 39.5 Å². The van der Waals surface area contributed by atoms with Crippen molar-refractivity contribution in [1.29, 1.82) is 0 Å². The molecule has 5 nitrogen and oxygen atoms in total. The number of rotatable bonds is 7. The number of aliphatic imine (C=N–C) groups is 1. The number of guanidine groups is 1. The third-order valence-electron chi connectivity index (χ3n) is 5.05. The second-order valence-electron chi connectivity index (χ2n) is 7.39. The van der Waals surface area contributed by atoms with E-state index in [1.54, 1.807) is 0 Å². The molecule has 1 aliphatic heterocycles. The Morgan fingerprint density at radius 1 is 1.17 bits per heavy atom. The molecule has 0 aromatic rings. The minimum atomic E-state index is 0. The van der Waals surface area contributed by atoms with Crippen molar-refractivity contribution < 1.29 is 9.84 Å². The van der Waals surface area contributed by atoms with E-state index in [4.69, 9.17) is 9.73 Å². The first-order valence-electron chi connectivity index (χ1n) is 8.82. The molecule has 2 fully saturated rings. The predicted octanol–water partition coefficient (Wildman–Crippen LogP) is 2.53. The first-order valence-corrected chi connectivity index (χ1v) is 8.82. The number of nitrogens with one attached hydrogen (secondary N) is 2. The van der Waals surface area contributed by atoms with E-state index < -0.39 is 0 Å². The molecule has 0 spiro atoms. The van der Waals surface area contributed by atoms with Crippen LogP contribution in [0.15, 0.2) is 4.99 Å². The van der Waals surface area contributed by atoms with Crippen LogP contribution in [0.1, 0.15) is 52.4 Å². The van der Waals surface area contributed by atoms with Crippen molar-refractivity contribution in [3.8, 4) is 0 Å². The highest BCUT2D eigenvalue weighted by atomic mass is 127. The van der Waals surface area contributed by atoms with Gasteiger partial charge in [0.05, 0.1) is 19.8 Å². The summed E-state index contributed by atoms with van der Waals surface area (Å²) in [5, 5.41) is 16.3. The smallest absolute Gasteiger partial charge is 0.191 e. The zero-order valence-electron chi connectivity index (χ0n) is 14.7. The molecular weight excluding hydrogens is 405 g/mol. The van der Waals surface area contributed by atoms with Crippen LogP contribution >= 0.6 is 24.0 Å². The van der Waals surface area contributed by atoms with Crippen molar-refractivity contribution in [2.45, 2.75) is 52.4 Å². The molecule has 1 aliphatic carbocycles. The fourth-order valence-corrected chi connectivity index (χ4v) is 3.48. The summed E-state index contributed by atoms with van der Waals surface area (Å²) in [5.74, 6) is 0.901. The van der Waals surface area contributed by atoms with Crippen LogP contribution in [0.25, 0.3) is 0 Å². The molecular formula is C17H34IN3O2. The van der Waals surface area contributed by atoms with Gasteiger partial charge in [-0.3, -0.25) is 4.99 Å². The van der Waals surface area contributed by atoms with Crippen LogP contribution in [0.5, 0.6) is 0 Å². The average Bonchev–Trinajstić information content (AvgIpc) is 2.49. The van der Waals surface area contributed by atoms with Crippen molar-refractivity contribution in [2.24, 2.45) is 15.8 Å². The zero-order chi connectivity index (χ0) is 15.9. The van der Waals surface area contributed by atoms with Gasteiger partial charge >= 0.3 is 0 Å². The molecule has 0 amide bonds. The molecule has 2 aliphatic rings. The SMILES string of the molecule is CCNC(=NCC1(C)COC1)NCC1(CCO)CCCCC1.I. The summed E-state index contributed by atoms with van der Waals surface area (Å²) in [6.45, 7) is 8.79. The molecule has 23 heavy (non-hydrogen) atoms. The number of hydrogen-bond donors (Lipinski definition) is 3. The lowest BCUT2D eigenvalue weighted by atomic mass is 9.72. The van der Waals surface area contributed by atoms with Gasteiger partial charge in [0.2, 0.25) is 0 Å². The van der Waals surface area contributed by atoms with Crippen LogP contribution in [0.4, 0.5) is 0 Å². The number of hydrogen-bond acceptors (Lipinski definition) is 3.